The molecule has 0 amide bonds. The predicted octanol–water partition coefficient (Wildman–Crippen LogP) is 2.17. The summed E-state index contributed by atoms with van der Waals surface area (Å²) < 4.78 is 5.18. The highest BCUT2D eigenvalue weighted by molar-refractivity contribution is 5.66. The molecule has 0 aliphatic heterocycles. The van der Waals surface area contributed by atoms with E-state index < -0.39 is 0 Å². The van der Waals surface area contributed by atoms with Crippen molar-refractivity contribution in [2.24, 2.45) is 5.73 Å². The Labute approximate surface area is 101 Å². The highest BCUT2D eigenvalue weighted by atomic mass is 16.5. The summed E-state index contributed by atoms with van der Waals surface area (Å²) in [6.07, 6.45) is 0. The van der Waals surface area contributed by atoms with Crippen LogP contribution in [0, 0.1) is 6.92 Å². The van der Waals surface area contributed by atoms with Gasteiger partial charge in [0, 0.05) is 37.5 Å². The zero-order chi connectivity index (χ0) is 12.4. The molecule has 4 nitrogen and oxygen atoms in total. The van der Waals surface area contributed by atoms with Gasteiger partial charge >= 0.3 is 0 Å². The molecule has 1 heterocycles. The SMILES string of the molecule is Cc1onc(-c2ccc(N(C)C)cc2)c1CN. The van der Waals surface area contributed by atoms with Gasteiger partial charge in [0.1, 0.15) is 11.5 Å². The van der Waals surface area contributed by atoms with Crippen molar-refractivity contribution in [2.75, 3.05) is 19.0 Å². The van der Waals surface area contributed by atoms with E-state index >= 15 is 0 Å². The lowest BCUT2D eigenvalue weighted by atomic mass is 10.1. The normalized spacial score (nSPS) is 10.6. The molecule has 0 saturated carbocycles. The standard InChI is InChI=1S/C13H17N3O/c1-9-12(8-14)13(15-17-9)10-4-6-11(7-5-10)16(2)3/h4-7H,8,14H2,1-3H3. The van der Waals surface area contributed by atoms with E-state index in [1.54, 1.807) is 0 Å². The van der Waals surface area contributed by atoms with Gasteiger partial charge in [-0.3, -0.25) is 0 Å². The summed E-state index contributed by atoms with van der Waals surface area (Å²) in [4.78, 5) is 2.06. The maximum atomic E-state index is 5.70. The van der Waals surface area contributed by atoms with E-state index in [9.17, 15) is 0 Å². The summed E-state index contributed by atoms with van der Waals surface area (Å²) in [5.41, 5.74) is 9.71. The number of nitrogens with two attached hydrogens (primary N) is 1. The molecule has 4 heteroatoms. The Morgan fingerprint density at radius 3 is 2.41 bits per heavy atom. The van der Waals surface area contributed by atoms with E-state index in [-0.39, 0.29) is 0 Å². The first-order valence-corrected chi connectivity index (χ1v) is 5.56. The first kappa shape index (κ1) is 11.7. The van der Waals surface area contributed by atoms with Gasteiger partial charge < -0.3 is 15.2 Å². The fourth-order valence-corrected chi connectivity index (χ4v) is 1.78. The minimum absolute atomic E-state index is 0.445. The van der Waals surface area contributed by atoms with Crippen LogP contribution in [0.4, 0.5) is 5.69 Å². The van der Waals surface area contributed by atoms with Crippen LogP contribution in [0.15, 0.2) is 28.8 Å². The molecule has 2 aromatic rings. The minimum Gasteiger partial charge on any atom is -0.378 e. The molecule has 0 spiro atoms. The Balaban J connectivity index is 2.39. The van der Waals surface area contributed by atoms with Crippen molar-refractivity contribution in [2.45, 2.75) is 13.5 Å². The van der Waals surface area contributed by atoms with Crippen LogP contribution >= 0.6 is 0 Å². The molecule has 1 aromatic carbocycles. The summed E-state index contributed by atoms with van der Waals surface area (Å²) in [6.45, 7) is 2.33. The molecule has 0 radical (unpaired) electrons. The zero-order valence-corrected chi connectivity index (χ0v) is 10.4. The number of anilines is 1. The topological polar surface area (TPSA) is 55.3 Å². The lowest BCUT2D eigenvalue weighted by Crippen LogP contribution is -2.08. The average molecular weight is 231 g/mol. The number of benzene rings is 1. The van der Waals surface area contributed by atoms with Crippen LogP contribution < -0.4 is 10.6 Å². The lowest BCUT2D eigenvalue weighted by Gasteiger charge is -2.12. The first-order valence-electron chi connectivity index (χ1n) is 5.56. The van der Waals surface area contributed by atoms with E-state index in [2.05, 4.69) is 22.2 Å². The first-order chi connectivity index (χ1) is 8.13. The molecule has 90 valence electrons. The summed E-state index contributed by atoms with van der Waals surface area (Å²) >= 11 is 0. The molecule has 0 aliphatic rings. The van der Waals surface area contributed by atoms with Crippen LogP contribution in [0.25, 0.3) is 11.3 Å². The third-order valence-corrected chi connectivity index (χ3v) is 2.85. The van der Waals surface area contributed by atoms with Gasteiger partial charge in [-0.05, 0) is 19.1 Å². The van der Waals surface area contributed by atoms with E-state index in [0.29, 0.717) is 6.54 Å². The van der Waals surface area contributed by atoms with Gasteiger partial charge in [0.05, 0.1) is 0 Å². The Morgan fingerprint density at radius 2 is 1.88 bits per heavy atom. The van der Waals surface area contributed by atoms with Crippen LogP contribution in [0.1, 0.15) is 11.3 Å². The molecule has 0 atom stereocenters. The molecule has 0 aliphatic carbocycles. The molecule has 0 saturated heterocycles. The number of rotatable bonds is 3. The average Bonchev–Trinajstić information content (AvgIpc) is 2.70. The van der Waals surface area contributed by atoms with Gasteiger partial charge in [-0.1, -0.05) is 17.3 Å². The van der Waals surface area contributed by atoms with Gasteiger partial charge in [-0.2, -0.15) is 0 Å². The fraction of sp³-hybridized carbons (Fsp3) is 0.308. The molecule has 0 fully saturated rings. The van der Waals surface area contributed by atoms with Crippen molar-refractivity contribution in [3.05, 3.63) is 35.6 Å². The van der Waals surface area contributed by atoms with Crippen molar-refractivity contribution in [3.8, 4) is 11.3 Å². The second kappa shape index (κ2) is 4.59. The smallest absolute Gasteiger partial charge is 0.138 e. The largest absolute Gasteiger partial charge is 0.378 e. The van der Waals surface area contributed by atoms with E-state index in [4.69, 9.17) is 10.3 Å². The number of hydrogen-bond acceptors (Lipinski definition) is 4. The Kier molecular flexibility index (Phi) is 3.15. The molecular weight excluding hydrogens is 214 g/mol. The zero-order valence-electron chi connectivity index (χ0n) is 10.4. The van der Waals surface area contributed by atoms with Crippen molar-refractivity contribution < 1.29 is 4.52 Å². The lowest BCUT2D eigenvalue weighted by molar-refractivity contribution is 0.398. The third kappa shape index (κ3) is 2.17. The number of nitrogens with zero attached hydrogens (tertiary/aromatic N) is 2. The molecule has 1 aromatic heterocycles. The van der Waals surface area contributed by atoms with E-state index in [0.717, 1.165) is 28.3 Å². The van der Waals surface area contributed by atoms with Crippen LogP contribution in [-0.2, 0) is 6.54 Å². The minimum atomic E-state index is 0.445. The van der Waals surface area contributed by atoms with Crippen molar-refractivity contribution in [1.82, 2.24) is 5.16 Å². The molecule has 17 heavy (non-hydrogen) atoms. The van der Waals surface area contributed by atoms with Crippen molar-refractivity contribution >= 4 is 5.69 Å². The van der Waals surface area contributed by atoms with E-state index in [1.165, 1.54) is 0 Å². The van der Waals surface area contributed by atoms with Gasteiger partial charge in [0.2, 0.25) is 0 Å². The summed E-state index contributed by atoms with van der Waals surface area (Å²) in [6, 6.07) is 8.18. The second-order valence-corrected chi connectivity index (χ2v) is 4.21. The maximum absolute atomic E-state index is 5.70. The Hall–Kier alpha value is -1.81. The van der Waals surface area contributed by atoms with E-state index in [1.807, 2.05) is 33.2 Å². The molecular formula is C13H17N3O. The van der Waals surface area contributed by atoms with Crippen LogP contribution in [-0.4, -0.2) is 19.3 Å². The van der Waals surface area contributed by atoms with Gasteiger partial charge in [-0.25, -0.2) is 0 Å². The summed E-state index contributed by atoms with van der Waals surface area (Å²) in [7, 11) is 4.03. The predicted molar refractivity (Wildman–Crippen MR) is 68.9 cm³/mol. The summed E-state index contributed by atoms with van der Waals surface area (Å²) in [5.74, 6) is 0.791. The number of aromatic nitrogens is 1. The molecule has 2 N–H and O–H groups in total. The maximum Gasteiger partial charge on any atom is 0.138 e. The third-order valence-electron chi connectivity index (χ3n) is 2.85. The van der Waals surface area contributed by atoms with Crippen LogP contribution in [0.5, 0.6) is 0 Å². The quantitative estimate of drug-likeness (QED) is 0.879. The van der Waals surface area contributed by atoms with Crippen molar-refractivity contribution in [1.29, 1.82) is 0 Å². The highest BCUT2D eigenvalue weighted by Crippen LogP contribution is 2.26. The van der Waals surface area contributed by atoms with Crippen molar-refractivity contribution in [3.63, 3.8) is 0 Å². The fourth-order valence-electron chi connectivity index (χ4n) is 1.78. The number of aryl methyl sites for hydroxylation is 1. The van der Waals surface area contributed by atoms with Crippen LogP contribution in [0.3, 0.4) is 0 Å². The van der Waals surface area contributed by atoms with Gasteiger partial charge in [0.25, 0.3) is 0 Å². The summed E-state index contributed by atoms with van der Waals surface area (Å²) in [5, 5.41) is 4.06. The molecule has 0 bridgehead atoms. The van der Waals surface area contributed by atoms with Gasteiger partial charge in [0.15, 0.2) is 0 Å². The van der Waals surface area contributed by atoms with Gasteiger partial charge in [-0.15, -0.1) is 0 Å². The molecule has 0 unspecified atom stereocenters. The second-order valence-electron chi connectivity index (χ2n) is 4.21. The Bertz CT molecular complexity index is 500. The molecule has 2 rings (SSSR count). The number of hydrogen-bond donors (Lipinski definition) is 1. The Morgan fingerprint density at radius 1 is 1.24 bits per heavy atom. The monoisotopic (exact) mass is 231 g/mol. The van der Waals surface area contributed by atoms with Crippen LogP contribution in [0.2, 0.25) is 0 Å². The highest BCUT2D eigenvalue weighted by Gasteiger charge is 2.12.